The fourth-order valence-electron chi connectivity index (χ4n) is 3.16. The molecule has 0 aliphatic carbocycles. The molecule has 122 valence electrons. The van der Waals surface area contributed by atoms with E-state index in [1.165, 1.54) is 11.1 Å². The van der Waals surface area contributed by atoms with Crippen LogP contribution in [0.4, 0.5) is 5.95 Å². The summed E-state index contributed by atoms with van der Waals surface area (Å²) >= 11 is 3.49. The van der Waals surface area contributed by atoms with Crippen molar-refractivity contribution in [3.63, 3.8) is 0 Å². The van der Waals surface area contributed by atoms with Crippen LogP contribution in [0.1, 0.15) is 29.6 Å². The lowest BCUT2D eigenvalue weighted by molar-refractivity contribution is 0.406. The molecule has 5 nitrogen and oxygen atoms in total. The first-order valence-corrected chi connectivity index (χ1v) is 8.59. The molecular weight excluding hydrogens is 368 g/mol. The lowest BCUT2D eigenvalue weighted by atomic mass is 9.93. The standard InChI is InChI=1S/C18H17BrN4O/c1-24-15-4-2-3-13(9-15)17-10-16(12-5-7-14(19)8-6-12)22-18-20-11-21-23(17)18/h2-9,11,16-17H,10H2,1H3,(H,20,21,22)/t16-,17-/m1/s1. The molecule has 4 rings (SSSR count). The normalized spacial score (nSPS) is 19.4. The number of benzene rings is 2. The van der Waals surface area contributed by atoms with E-state index >= 15 is 0 Å². The van der Waals surface area contributed by atoms with Crippen molar-refractivity contribution in [2.45, 2.75) is 18.5 Å². The van der Waals surface area contributed by atoms with E-state index in [4.69, 9.17) is 4.74 Å². The first kappa shape index (κ1) is 15.2. The molecule has 0 saturated heterocycles. The SMILES string of the molecule is COc1cccc([C@H]2C[C@H](c3ccc(Br)cc3)Nc3ncnn32)c1. The van der Waals surface area contributed by atoms with Crippen molar-refractivity contribution in [3.8, 4) is 5.75 Å². The lowest BCUT2D eigenvalue weighted by Crippen LogP contribution is -2.28. The molecule has 24 heavy (non-hydrogen) atoms. The van der Waals surface area contributed by atoms with Gasteiger partial charge in [-0.05, 0) is 41.8 Å². The van der Waals surface area contributed by atoms with Crippen molar-refractivity contribution in [3.05, 3.63) is 70.5 Å². The molecule has 0 spiro atoms. The first-order valence-electron chi connectivity index (χ1n) is 7.80. The number of rotatable bonds is 3. The Morgan fingerprint density at radius 3 is 2.79 bits per heavy atom. The van der Waals surface area contributed by atoms with E-state index in [0.29, 0.717) is 0 Å². The van der Waals surface area contributed by atoms with Gasteiger partial charge >= 0.3 is 0 Å². The maximum absolute atomic E-state index is 5.37. The molecule has 1 N–H and O–H groups in total. The lowest BCUT2D eigenvalue weighted by Gasteiger charge is -2.32. The number of ether oxygens (including phenoxy) is 1. The van der Waals surface area contributed by atoms with Gasteiger partial charge < -0.3 is 10.1 Å². The summed E-state index contributed by atoms with van der Waals surface area (Å²) < 4.78 is 8.40. The van der Waals surface area contributed by atoms with Crippen molar-refractivity contribution in [2.24, 2.45) is 0 Å². The van der Waals surface area contributed by atoms with Gasteiger partial charge in [0.1, 0.15) is 12.1 Å². The average Bonchev–Trinajstić information content (AvgIpc) is 3.10. The van der Waals surface area contributed by atoms with E-state index in [1.54, 1.807) is 13.4 Å². The fraction of sp³-hybridized carbons (Fsp3) is 0.222. The van der Waals surface area contributed by atoms with Crippen molar-refractivity contribution < 1.29 is 4.74 Å². The number of hydrogen-bond acceptors (Lipinski definition) is 4. The van der Waals surface area contributed by atoms with Crippen LogP contribution < -0.4 is 10.1 Å². The third kappa shape index (κ3) is 2.78. The van der Waals surface area contributed by atoms with Gasteiger partial charge in [-0.25, -0.2) is 4.68 Å². The summed E-state index contributed by atoms with van der Waals surface area (Å²) in [6, 6.07) is 16.9. The number of anilines is 1. The molecule has 1 aliphatic heterocycles. The Kier molecular flexibility index (Phi) is 3.98. The third-order valence-corrected chi connectivity index (χ3v) is 4.91. The van der Waals surface area contributed by atoms with E-state index in [9.17, 15) is 0 Å². The van der Waals surface area contributed by atoms with Crippen LogP contribution in [0.5, 0.6) is 5.75 Å². The summed E-state index contributed by atoms with van der Waals surface area (Å²) in [7, 11) is 1.69. The molecule has 0 amide bonds. The maximum Gasteiger partial charge on any atom is 0.222 e. The zero-order valence-electron chi connectivity index (χ0n) is 13.2. The Morgan fingerprint density at radius 2 is 2.00 bits per heavy atom. The molecule has 1 aliphatic rings. The topological polar surface area (TPSA) is 52.0 Å². The second-order valence-corrected chi connectivity index (χ2v) is 6.72. The van der Waals surface area contributed by atoms with Gasteiger partial charge in [-0.15, -0.1) is 0 Å². The summed E-state index contributed by atoms with van der Waals surface area (Å²) in [5.41, 5.74) is 2.41. The van der Waals surface area contributed by atoms with E-state index in [1.807, 2.05) is 16.8 Å². The van der Waals surface area contributed by atoms with Crippen LogP contribution in [0.25, 0.3) is 0 Å². The molecule has 0 bridgehead atoms. The Balaban J connectivity index is 1.72. The predicted octanol–water partition coefficient (Wildman–Crippen LogP) is 4.20. The number of nitrogens with one attached hydrogen (secondary N) is 1. The summed E-state index contributed by atoms with van der Waals surface area (Å²) in [5, 5.41) is 7.89. The molecule has 0 radical (unpaired) electrons. The zero-order valence-corrected chi connectivity index (χ0v) is 14.8. The minimum absolute atomic E-state index is 0.118. The van der Waals surface area contributed by atoms with Crippen molar-refractivity contribution in [1.82, 2.24) is 14.8 Å². The summed E-state index contributed by atoms with van der Waals surface area (Å²) in [6.07, 6.45) is 2.49. The Morgan fingerprint density at radius 1 is 1.17 bits per heavy atom. The molecule has 6 heteroatoms. The molecule has 3 aromatic rings. The number of hydrogen-bond donors (Lipinski definition) is 1. The van der Waals surface area contributed by atoms with Crippen LogP contribution in [0.3, 0.4) is 0 Å². The zero-order chi connectivity index (χ0) is 16.5. The maximum atomic E-state index is 5.37. The summed E-state index contributed by atoms with van der Waals surface area (Å²) in [6.45, 7) is 0. The van der Waals surface area contributed by atoms with E-state index in [0.717, 1.165) is 22.6 Å². The highest BCUT2D eigenvalue weighted by atomic mass is 79.9. The van der Waals surface area contributed by atoms with Gasteiger partial charge in [0.25, 0.3) is 0 Å². The Bertz CT molecular complexity index is 846. The second kappa shape index (κ2) is 6.28. The first-order chi connectivity index (χ1) is 11.7. The van der Waals surface area contributed by atoms with Gasteiger partial charge in [0.15, 0.2) is 0 Å². The summed E-state index contributed by atoms with van der Waals surface area (Å²) in [5.74, 6) is 1.65. The van der Waals surface area contributed by atoms with E-state index in [-0.39, 0.29) is 12.1 Å². The fourth-order valence-corrected chi connectivity index (χ4v) is 3.42. The van der Waals surface area contributed by atoms with Crippen LogP contribution in [-0.2, 0) is 0 Å². The Hall–Kier alpha value is -2.34. The second-order valence-electron chi connectivity index (χ2n) is 5.80. The van der Waals surface area contributed by atoms with Crippen LogP contribution >= 0.6 is 15.9 Å². The number of nitrogens with zero attached hydrogens (tertiary/aromatic N) is 3. The highest BCUT2D eigenvalue weighted by Gasteiger charge is 2.30. The highest BCUT2D eigenvalue weighted by molar-refractivity contribution is 9.10. The van der Waals surface area contributed by atoms with Crippen LogP contribution in [0.15, 0.2) is 59.3 Å². The number of fused-ring (bicyclic) bond motifs is 1. The molecular formula is C18H17BrN4O. The quantitative estimate of drug-likeness (QED) is 0.735. The smallest absolute Gasteiger partial charge is 0.222 e. The van der Waals surface area contributed by atoms with Gasteiger partial charge in [-0.3, -0.25) is 0 Å². The van der Waals surface area contributed by atoms with Crippen LogP contribution in [-0.4, -0.2) is 21.9 Å². The van der Waals surface area contributed by atoms with Gasteiger partial charge in [-0.2, -0.15) is 10.1 Å². The molecule has 2 aromatic carbocycles. The Labute approximate surface area is 148 Å². The van der Waals surface area contributed by atoms with Gasteiger partial charge in [0, 0.05) is 4.47 Å². The van der Waals surface area contributed by atoms with Crippen molar-refractivity contribution in [1.29, 1.82) is 0 Å². The minimum Gasteiger partial charge on any atom is -0.497 e. The van der Waals surface area contributed by atoms with E-state index in [2.05, 4.69) is 67.7 Å². The molecule has 1 aromatic heterocycles. The average molecular weight is 385 g/mol. The molecule has 2 heterocycles. The minimum atomic E-state index is 0.118. The van der Waals surface area contributed by atoms with Crippen LogP contribution in [0, 0.1) is 0 Å². The molecule has 2 atom stereocenters. The van der Waals surface area contributed by atoms with Gasteiger partial charge in [0.2, 0.25) is 5.95 Å². The largest absolute Gasteiger partial charge is 0.497 e. The van der Waals surface area contributed by atoms with E-state index < -0.39 is 0 Å². The number of methoxy groups -OCH3 is 1. The summed E-state index contributed by atoms with van der Waals surface area (Å²) in [4.78, 5) is 4.37. The van der Waals surface area contributed by atoms with Crippen LogP contribution in [0.2, 0.25) is 0 Å². The van der Waals surface area contributed by atoms with Gasteiger partial charge in [-0.1, -0.05) is 40.2 Å². The monoisotopic (exact) mass is 384 g/mol. The molecule has 0 saturated carbocycles. The highest BCUT2D eigenvalue weighted by Crippen LogP contribution is 2.38. The van der Waals surface area contributed by atoms with Gasteiger partial charge in [0.05, 0.1) is 19.2 Å². The third-order valence-electron chi connectivity index (χ3n) is 4.38. The molecule has 0 unspecified atom stereocenters. The number of aromatic nitrogens is 3. The number of halogens is 1. The van der Waals surface area contributed by atoms with Crippen molar-refractivity contribution in [2.75, 3.05) is 12.4 Å². The predicted molar refractivity (Wildman–Crippen MR) is 96.3 cm³/mol. The molecule has 0 fully saturated rings. The van der Waals surface area contributed by atoms with Crippen molar-refractivity contribution >= 4 is 21.9 Å².